The van der Waals surface area contributed by atoms with Gasteiger partial charge in [-0.15, -0.1) is 0 Å². The molecule has 0 heterocycles. The molecule has 0 aliphatic heterocycles. The number of hydrogen-bond acceptors (Lipinski definition) is 6. The molecule has 0 saturated heterocycles. The average molecular weight is 867 g/mol. The molecule has 354 valence electrons. The van der Waals surface area contributed by atoms with Crippen LogP contribution >= 0.6 is 0 Å². The zero-order valence-electron chi connectivity index (χ0n) is 40.3. The van der Waals surface area contributed by atoms with Gasteiger partial charge in [0.25, 0.3) is 0 Å². The number of carboxylic acid groups (broad SMARTS) is 1. The van der Waals surface area contributed by atoms with Gasteiger partial charge in [0.15, 0.2) is 12.1 Å². The number of carbonyl (C=O) groups excluding carboxylic acids is 2. The van der Waals surface area contributed by atoms with Crippen molar-refractivity contribution >= 4 is 17.9 Å². The van der Waals surface area contributed by atoms with Gasteiger partial charge >= 0.3 is 17.9 Å². The second-order valence-corrected chi connectivity index (χ2v) is 17.5. The van der Waals surface area contributed by atoms with Crippen molar-refractivity contribution in [2.75, 3.05) is 41.0 Å². The molecule has 0 bridgehead atoms. The molecule has 8 heteroatoms. The van der Waals surface area contributed by atoms with Gasteiger partial charge in [0.05, 0.1) is 34.4 Å². The number of aliphatic carboxylic acids is 1. The highest BCUT2D eigenvalue weighted by atomic mass is 16.6. The minimum atomic E-state index is -0.886. The lowest BCUT2D eigenvalue weighted by Crippen LogP contribution is -2.50. The molecule has 0 saturated carbocycles. The fraction of sp³-hybridized carbons (Fsp3) is 0.685. The van der Waals surface area contributed by atoms with Gasteiger partial charge in [0, 0.05) is 19.3 Å². The van der Waals surface area contributed by atoms with E-state index in [0.29, 0.717) is 19.3 Å². The topological polar surface area (TPSA) is 99.1 Å². The van der Waals surface area contributed by atoms with Gasteiger partial charge in [0.2, 0.25) is 0 Å². The van der Waals surface area contributed by atoms with E-state index >= 15 is 0 Å². The van der Waals surface area contributed by atoms with Gasteiger partial charge < -0.3 is 23.8 Å². The summed E-state index contributed by atoms with van der Waals surface area (Å²) in [5.74, 6) is -1.54. The van der Waals surface area contributed by atoms with Crippen molar-refractivity contribution in [2.45, 2.75) is 199 Å². The number of likely N-dealkylation sites (N-methyl/N-ethyl adjacent to an activating group) is 1. The summed E-state index contributed by atoms with van der Waals surface area (Å²) in [6.45, 7) is 4.54. The lowest BCUT2D eigenvalue weighted by Gasteiger charge is -2.31. The molecule has 0 spiro atoms. The highest BCUT2D eigenvalue weighted by Gasteiger charge is 2.31. The number of allylic oxidation sites excluding steroid dienone is 14. The van der Waals surface area contributed by atoms with E-state index in [1.807, 2.05) is 69.8 Å². The van der Waals surface area contributed by atoms with Crippen molar-refractivity contribution in [3.05, 3.63) is 85.1 Å². The highest BCUT2D eigenvalue weighted by Crippen LogP contribution is 2.14. The van der Waals surface area contributed by atoms with Gasteiger partial charge in [-0.1, -0.05) is 189 Å². The first kappa shape index (κ1) is 58.5. The van der Waals surface area contributed by atoms with Crippen LogP contribution in [-0.2, 0) is 28.6 Å². The smallest absolute Gasteiger partial charge is 0.362 e. The van der Waals surface area contributed by atoms with Gasteiger partial charge in [-0.3, -0.25) is 9.59 Å². The molecule has 0 aliphatic rings. The zero-order chi connectivity index (χ0) is 45.6. The van der Waals surface area contributed by atoms with E-state index in [-0.39, 0.29) is 36.2 Å². The first-order valence-corrected chi connectivity index (χ1v) is 24.7. The lowest BCUT2D eigenvalue weighted by atomic mass is 10.1. The third-order valence-corrected chi connectivity index (χ3v) is 10.7. The molecule has 2 unspecified atom stereocenters. The minimum absolute atomic E-state index is 0.0391. The molecule has 0 aromatic carbocycles. The Balaban J connectivity index is 4.33. The van der Waals surface area contributed by atoms with Crippen molar-refractivity contribution in [2.24, 2.45) is 0 Å². The molecule has 0 aromatic heterocycles. The summed E-state index contributed by atoms with van der Waals surface area (Å²) in [6, 6.07) is -0.628. The Morgan fingerprint density at radius 2 is 0.968 bits per heavy atom. The SMILES string of the molecule is CC/C=C/C=C/C=C/C=C/C=C/CCCCCC(=O)OCC(COCCC(C(=O)O)[N+](C)(C)C)OC(=O)CCCCCCCCC/C=C/C/C=C/CCCCCCCCCCC. The van der Waals surface area contributed by atoms with Gasteiger partial charge in [-0.2, -0.15) is 0 Å². The Bertz CT molecular complexity index is 1290. The van der Waals surface area contributed by atoms with Gasteiger partial charge in [-0.05, 0) is 64.2 Å². The molecule has 62 heavy (non-hydrogen) atoms. The molecule has 0 radical (unpaired) electrons. The fourth-order valence-electron chi connectivity index (χ4n) is 6.85. The summed E-state index contributed by atoms with van der Waals surface area (Å²) < 4.78 is 17.3. The quantitative estimate of drug-likeness (QED) is 0.0214. The Labute approximate surface area is 380 Å². The zero-order valence-corrected chi connectivity index (χ0v) is 40.3. The number of unbranched alkanes of at least 4 members (excludes halogenated alkanes) is 19. The highest BCUT2D eigenvalue weighted by molar-refractivity contribution is 5.72. The third-order valence-electron chi connectivity index (χ3n) is 10.7. The van der Waals surface area contributed by atoms with Crippen LogP contribution in [0.4, 0.5) is 0 Å². The normalized spacial score (nSPS) is 13.6. The van der Waals surface area contributed by atoms with Crippen LogP contribution < -0.4 is 0 Å². The Morgan fingerprint density at radius 1 is 0.516 bits per heavy atom. The van der Waals surface area contributed by atoms with Crippen molar-refractivity contribution in [3.8, 4) is 0 Å². The standard InChI is InChI=1S/C54H91NO7/c1-6-8-10-12-14-16-18-20-22-23-24-25-26-27-28-29-31-33-35-37-39-41-43-45-53(57)62-50(48-60-47-46-51(54(58)59)55(3,4)5)49-61-52(56)44-42-40-38-36-34-32-30-21-19-17-15-13-11-9-7-2/h9,11,13,15,17,19,21,24-25,27-28,30,32,34,50-51H,6-8,10,12,14,16,18,20,22-23,26,29,31,33,35-49H2,1-5H3/p+1/b11-9+,15-13+,19-17+,25-24+,28-27+,30-21+,34-32+. The number of carbonyl (C=O) groups is 3. The summed E-state index contributed by atoms with van der Waals surface area (Å²) in [4.78, 5) is 37.1. The van der Waals surface area contributed by atoms with Crippen molar-refractivity contribution in [1.82, 2.24) is 0 Å². The maximum Gasteiger partial charge on any atom is 0.362 e. The Morgan fingerprint density at radius 3 is 1.48 bits per heavy atom. The molecule has 0 fully saturated rings. The molecule has 2 atom stereocenters. The van der Waals surface area contributed by atoms with Crippen molar-refractivity contribution in [3.63, 3.8) is 0 Å². The number of carboxylic acids is 1. The van der Waals surface area contributed by atoms with Crippen LogP contribution in [0.3, 0.4) is 0 Å². The minimum Gasteiger partial charge on any atom is -0.477 e. The van der Waals surface area contributed by atoms with Gasteiger partial charge in [-0.25, -0.2) is 4.79 Å². The summed E-state index contributed by atoms with van der Waals surface area (Å²) in [7, 11) is 5.51. The van der Waals surface area contributed by atoms with Crippen LogP contribution in [0, 0.1) is 0 Å². The van der Waals surface area contributed by atoms with E-state index in [0.717, 1.165) is 64.2 Å². The average Bonchev–Trinajstić information content (AvgIpc) is 3.23. The first-order valence-electron chi connectivity index (χ1n) is 24.7. The second kappa shape index (κ2) is 44.1. The van der Waals surface area contributed by atoms with E-state index in [2.05, 4.69) is 50.3 Å². The molecule has 1 N–H and O–H groups in total. The number of quaternary nitrogens is 1. The summed E-state index contributed by atoms with van der Waals surface area (Å²) in [5, 5.41) is 9.64. The molecule has 8 nitrogen and oxygen atoms in total. The number of ether oxygens (including phenoxy) is 3. The van der Waals surface area contributed by atoms with Crippen LogP contribution in [-0.4, -0.2) is 80.6 Å². The first-order chi connectivity index (χ1) is 30.1. The molecular formula is C54H92NO7+. The van der Waals surface area contributed by atoms with Crippen molar-refractivity contribution < 1.29 is 38.2 Å². The van der Waals surface area contributed by atoms with Crippen LogP contribution in [0.15, 0.2) is 85.1 Å². The van der Waals surface area contributed by atoms with Crippen LogP contribution in [0.2, 0.25) is 0 Å². The van der Waals surface area contributed by atoms with E-state index in [9.17, 15) is 19.5 Å². The molecule has 0 amide bonds. The van der Waals surface area contributed by atoms with E-state index < -0.39 is 18.1 Å². The molecule has 0 rings (SSSR count). The monoisotopic (exact) mass is 867 g/mol. The van der Waals surface area contributed by atoms with E-state index in [1.165, 1.54) is 89.9 Å². The fourth-order valence-corrected chi connectivity index (χ4v) is 6.85. The number of hydrogen-bond donors (Lipinski definition) is 1. The van der Waals surface area contributed by atoms with Gasteiger partial charge in [0.1, 0.15) is 6.61 Å². The van der Waals surface area contributed by atoms with E-state index in [4.69, 9.17) is 14.2 Å². The summed E-state index contributed by atoms with van der Waals surface area (Å²) >= 11 is 0. The largest absolute Gasteiger partial charge is 0.477 e. The lowest BCUT2D eigenvalue weighted by molar-refractivity contribution is -0.887. The van der Waals surface area contributed by atoms with E-state index in [1.54, 1.807) is 0 Å². The molecule has 0 aliphatic carbocycles. The Kier molecular flexibility index (Phi) is 41.6. The van der Waals surface area contributed by atoms with Crippen LogP contribution in [0.1, 0.15) is 187 Å². The predicted molar refractivity (Wildman–Crippen MR) is 261 cm³/mol. The summed E-state index contributed by atoms with van der Waals surface area (Å²) in [5.41, 5.74) is 0. The molecular weight excluding hydrogens is 775 g/mol. The summed E-state index contributed by atoms with van der Waals surface area (Å²) in [6.07, 6.45) is 57.8. The van der Waals surface area contributed by atoms with Crippen molar-refractivity contribution in [1.29, 1.82) is 0 Å². The Hall–Kier alpha value is -3.49. The van der Waals surface area contributed by atoms with Crippen LogP contribution in [0.5, 0.6) is 0 Å². The maximum absolute atomic E-state index is 12.8. The number of esters is 2. The number of rotatable bonds is 43. The second-order valence-electron chi connectivity index (χ2n) is 17.5. The predicted octanol–water partition coefficient (Wildman–Crippen LogP) is 14.1. The number of nitrogens with zero attached hydrogens (tertiary/aromatic N) is 1. The van der Waals surface area contributed by atoms with Crippen LogP contribution in [0.25, 0.3) is 0 Å². The maximum atomic E-state index is 12.8. The third kappa shape index (κ3) is 41.8. The molecule has 0 aromatic rings.